The summed E-state index contributed by atoms with van der Waals surface area (Å²) in [5.41, 5.74) is 1.26. The number of nitrogens with zero attached hydrogens (tertiary/aromatic N) is 1. The van der Waals surface area contributed by atoms with Gasteiger partial charge in [0.1, 0.15) is 5.75 Å². The van der Waals surface area contributed by atoms with E-state index in [4.69, 9.17) is 4.74 Å². The molecule has 1 aromatic carbocycles. The molecule has 21 heavy (non-hydrogen) atoms. The first-order chi connectivity index (χ1) is 10.1. The number of nitrogens with one attached hydrogen (secondary N) is 2. The number of hydrogen-bond donors (Lipinski definition) is 2. The second-order valence-electron chi connectivity index (χ2n) is 4.28. The van der Waals surface area contributed by atoms with Gasteiger partial charge in [-0.25, -0.2) is 18.1 Å². The summed E-state index contributed by atoms with van der Waals surface area (Å²) < 4.78 is 32.2. The van der Waals surface area contributed by atoms with E-state index < -0.39 is 10.0 Å². The first-order valence-electron chi connectivity index (χ1n) is 6.32. The van der Waals surface area contributed by atoms with Gasteiger partial charge in [0.15, 0.2) is 5.03 Å². The zero-order chi connectivity index (χ0) is 15.3. The smallest absolute Gasteiger partial charge is 0.260 e. The Morgan fingerprint density at radius 1 is 1.24 bits per heavy atom. The van der Waals surface area contributed by atoms with Gasteiger partial charge in [0.05, 0.1) is 12.8 Å². The molecular weight excluding hydrogens is 290 g/mol. The minimum absolute atomic E-state index is 0.0182. The molecule has 0 bridgehead atoms. The van der Waals surface area contributed by atoms with Crippen molar-refractivity contribution in [3.05, 3.63) is 48.2 Å². The lowest BCUT2D eigenvalue weighted by molar-refractivity contribution is 0.414. The van der Waals surface area contributed by atoms with E-state index in [2.05, 4.69) is 15.0 Å². The zero-order valence-corrected chi connectivity index (χ0v) is 12.6. The lowest BCUT2D eigenvalue weighted by Crippen LogP contribution is -2.25. The van der Waals surface area contributed by atoms with Crippen LogP contribution in [0.5, 0.6) is 5.75 Å². The fourth-order valence-electron chi connectivity index (χ4n) is 1.82. The van der Waals surface area contributed by atoms with Gasteiger partial charge in [-0.05, 0) is 29.8 Å². The minimum atomic E-state index is -3.69. The fourth-order valence-corrected chi connectivity index (χ4v) is 2.98. The molecule has 1 aromatic heterocycles. The Bertz CT molecular complexity index is 717. The Hall–Kier alpha value is -2.12. The molecule has 7 heteroatoms. The highest BCUT2D eigenvalue weighted by Gasteiger charge is 2.19. The number of sulfonamides is 1. The average molecular weight is 307 g/mol. The molecule has 2 aromatic rings. The van der Waals surface area contributed by atoms with Crippen molar-refractivity contribution in [1.82, 2.24) is 9.71 Å². The van der Waals surface area contributed by atoms with Gasteiger partial charge in [0, 0.05) is 19.8 Å². The van der Waals surface area contributed by atoms with Gasteiger partial charge in [-0.15, -0.1) is 0 Å². The standard InChI is InChI=1S/C14H17N3O3S/c1-15-13-7-4-8-16-14(13)21(18,19)17-10-11-5-3-6-12(9-11)20-2/h3-9,15,17H,10H2,1-2H3. The van der Waals surface area contributed by atoms with E-state index in [1.165, 1.54) is 6.20 Å². The van der Waals surface area contributed by atoms with E-state index in [9.17, 15) is 8.42 Å². The fraction of sp³-hybridized carbons (Fsp3) is 0.214. The van der Waals surface area contributed by atoms with Crippen LogP contribution in [0.1, 0.15) is 5.56 Å². The molecule has 2 rings (SSSR count). The van der Waals surface area contributed by atoms with Gasteiger partial charge in [0.25, 0.3) is 10.0 Å². The van der Waals surface area contributed by atoms with Crippen molar-refractivity contribution in [3.63, 3.8) is 0 Å². The Morgan fingerprint density at radius 3 is 2.76 bits per heavy atom. The van der Waals surface area contributed by atoms with Crippen molar-refractivity contribution in [2.24, 2.45) is 0 Å². The van der Waals surface area contributed by atoms with E-state index in [0.717, 1.165) is 5.56 Å². The molecule has 0 unspecified atom stereocenters. The first kappa shape index (κ1) is 15.3. The summed E-state index contributed by atoms with van der Waals surface area (Å²) in [5.74, 6) is 0.681. The molecule has 0 amide bonds. The van der Waals surface area contributed by atoms with Crippen LogP contribution in [0, 0.1) is 0 Å². The topological polar surface area (TPSA) is 80.3 Å². The number of benzene rings is 1. The average Bonchev–Trinajstić information content (AvgIpc) is 2.53. The molecule has 6 nitrogen and oxygen atoms in total. The molecular formula is C14H17N3O3S. The molecule has 0 saturated heterocycles. The van der Waals surface area contributed by atoms with Crippen LogP contribution in [-0.4, -0.2) is 27.6 Å². The highest BCUT2D eigenvalue weighted by Crippen LogP contribution is 2.18. The quantitative estimate of drug-likeness (QED) is 0.847. The largest absolute Gasteiger partial charge is 0.497 e. The number of hydrogen-bond acceptors (Lipinski definition) is 5. The maximum absolute atomic E-state index is 12.3. The van der Waals surface area contributed by atoms with Crippen LogP contribution < -0.4 is 14.8 Å². The van der Waals surface area contributed by atoms with Gasteiger partial charge in [-0.1, -0.05) is 12.1 Å². The van der Waals surface area contributed by atoms with Gasteiger partial charge in [0.2, 0.25) is 0 Å². The molecule has 1 heterocycles. The van der Waals surface area contributed by atoms with Crippen molar-refractivity contribution in [1.29, 1.82) is 0 Å². The molecule has 0 radical (unpaired) electrons. The molecule has 0 atom stereocenters. The van der Waals surface area contributed by atoms with Crippen LogP contribution in [0.4, 0.5) is 5.69 Å². The molecule has 0 spiro atoms. The highest BCUT2D eigenvalue weighted by molar-refractivity contribution is 7.89. The maximum Gasteiger partial charge on any atom is 0.260 e. The highest BCUT2D eigenvalue weighted by atomic mass is 32.2. The van der Waals surface area contributed by atoms with E-state index >= 15 is 0 Å². The van der Waals surface area contributed by atoms with E-state index in [1.807, 2.05) is 12.1 Å². The number of ether oxygens (including phenoxy) is 1. The molecule has 0 aliphatic carbocycles. The Balaban J connectivity index is 2.18. The molecule has 0 fully saturated rings. The number of pyridine rings is 1. The second kappa shape index (κ2) is 6.55. The van der Waals surface area contributed by atoms with Crippen LogP contribution >= 0.6 is 0 Å². The first-order valence-corrected chi connectivity index (χ1v) is 7.80. The summed E-state index contributed by atoms with van der Waals surface area (Å²) in [6.07, 6.45) is 1.45. The van der Waals surface area contributed by atoms with E-state index in [-0.39, 0.29) is 11.6 Å². The normalized spacial score (nSPS) is 11.1. The van der Waals surface area contributed by atoms with Crippen molar-refractivity contribution in [2.45, 2.75) is 11.6 Å². The van der Waals surface area contributed by atoms with Gasteiger partial charge < -0.3 is 10.1 Å². The lowest BCUT2D eigenvalue weighted by Gasteiger charge is -2.10. The summed E-state index contributed by atoms with van der Waals surface area (Å²) in [5, 5.41) is 2.80. The molecule has 112 valence electrons. The number of aromatic nitrogens is 1. The monoisotopic (exact) mass is 307 g/mol. The van der Waals surface area contributed by atoms with Crippen LogP contribution in [0.15, 0.2) is 47.6 Å². The lowest BCUT2D eigenvalue weighted by atomic mass is 10.2. The van der Waals surface area contributed by atoms with Gasteiger partial charge >= 0.3 is 0 Å². The SMILES string of the molecule is CNc1cccnc1S(=O)(=O)NCc1cccc(OC)c1. The van der Waals surface area contributed by atoms with Crippen LogP contribution in [0.2, 0.25) is 0 Å². The Morgan fingerprint density at radius 2 is 2.05 bits per heavy atom. The van der Waals surface area contributed by atoms with Crippen molar-refractivity contribution in [3.8, 4) is 5.75 Å². The summed E-state index contributed by atoms with van der Waals surface area (Å²) in [7, 11) is -0.469. The van der Waals surface area contributed by atoms with Gasteiger partial charge in [-0.3, -0.25) is 0 Å². The second-order valence-corrected chi connectivity index (χ2v) is 5.96. The van der Waals surface area contributed by atoms with Crippen molar-refractivity contribution in [2.75, 3.05) is 19.5 Å². The summed E-state index contributed by atoms with van der Waals surface area (Å²) in [6, 6.07) is 10.5. The predicted molar refractivity (Wildman–Crippen MR) is 80.8 cm³/mol. The number of rotatable bonds is 6. The van der Waals surface area contributed by atoms with Crippen LogP contribution in [-0.2, 0) is 16.6 Å². The zero-order valence-electron chi connectivity index (χ0n) is 11.8. The third-order valence-corrected chi connectivity index (χ3v) is 4.25. The third-order valence-electron chi connectivity index (χ3n) is 2.90. The predicted octanol–water partition coefficient (Wildman–Crippen LogP) is 1.61. The Kier molecular flexibility index (Phi) is 4.77. The van der Waals surface area contributed by atoms with E-state index in [0.29, 0.717) is 11.4 Å². The number of anilines is 1. The minimum Gasteiger partial charge on any atom is -0.497 e. The third kappa shape index (κ3) is 3.71. The van der Waals surface area contributed by atoms with Crippen LogP contribution in [0.25, 0.3) is 0 Å². The summed E-state index contributed by atoms with van der Waals surface area (Å²) in [6.45, 7) is 0.166. The van der Waals surface area contributed by atoms with Crippen molar-refractivity contribution >= 4 is 15.7 Å². The summed E-state index contributed by atoms with van der Waals surface area (Å²) >= 11 is 0. The molecule has 0 aliphatic heterocycles. The number of methoxy groups -OCH3 is 1. The van der Waals surface area contributed by atoms with Crippen molar-refractivity contribution < 1.29 is 13.2 Å². The molecule has 0 aliphatic rings. The summed E-state index contributed by atoms with van der Waals surface area (Å²) in [4.78, 5) is 3.93. The Labute approximate surface area is 124 Å². The van der Waals surface area contributed by atoms with E-state index in [1.54, 1.807) is 38.4 Å². The van der Waals surface area contributed by atoms with Crippen LogP contribution in [0.3, 0.4) is 0 Å². The van der Waals surface area contributed by atoms with Gasteiger partial charge in [-0.2, -0.15) is 0 Å². The molecule has 0 saturated carbocycles. The molecule has 2 N–H and O–H groups in total. The maximum atomic E-state index is 12.3.